The van der Waals surface area contributed by atoms with E-state index < -0.39 is 11.8 Å². The Morgan fingerprint density at radius 1 is 0.943 bits per heavy atom. The first-order chi connectivity index (χ1) is 25.6. The molecule has 53 heavy (non-hydrogen) atoms. The summed E-state index contributed by atoms with van der Waals surface area (Å²) in [5.41, 5.74) is 4.58. The number of hydrogen-bond acceptors (Lipinski definition) is 8. The Labute approximate surface area is 318 Å². The number of nitrogens with one attached hydrogen (secondary N) is 1. The van der Waals surface area contributed by atoms with Crippen molar-refractivity contribution in [1.29, 1.82) is 0 Å². The van der Waals surface area contributed by atoms with Crippen molar-refractivity contribution in [3.8, 4) is 5.75 Å². The van der Waals surface area contributed by atoms with Crippen LogP contribution < -0.4 is 24.8 Å². The molecule has 0 aliphatic carbocycles. The van der Waals surface area contributed by atoms with Gasteiger partial charge in [-0.3, -0.25) is 24.3 Å². The van der Waals surface area contributed by atoms with Gasteiger partial charge in [0.2, 0.25) is 11.8 Å². The van der Waals surface area contributed by atoms with Crippen molar-refractivity contribution in [2.75, 3.05) is 48.4 Å². The monoisotopic (exact) mass is 751 g/mol. The van der Waals surface area contributed by atoms with Crippen LogP contribution in [0.1, 0.15) is 46.6 Å². The van der Waals surface area contributed by atoms with Gasteiger partial charge in [-0.05, 0) is 80.3 Å². The number of nitrogens with zero attached hydrogens (tertiary/aromatic N) is 6. The van der Waals surface area contributed by atoms with Gasteiger partial charge in [-0.2, -0.15) is 0 Å². The fourth-order valence-corrected chi connectivity index (χ4v) is 6.68. The summed E-state index contributed by atoms with van der Waals surface area (Å²) >= 11 is 13.4. The number of halogens is 2. The summed E-state index contributed by atoms with van der Waals surface area (Å²) < 4.78 is 6.31. The SMILES string of the molecule is Cc1cc(N2CCCCC2)c2cccc(OCc3c(Cl)ccc(N(C)C(=O)CNC(=O)/C=C/c4ccc(C(=O)N(C)c5ccccn5)nc4)c3Cl)c2n1. The van der Waals surface area contributed by atoms with Crippen LogP contribution in [-0.4, -0.2) is 66.4 Å². The number of rotatable bonds is 11. The Bertz CT molecular complexity index is 2160. The highest BCUT2D eigenvalue weighted by molar-refractivity contribution is 6.38. The van der Waals surface area contributed by atoms with Crippen LogP contribution in [0, 0.1) is 6.92 Å². The molecule has 272 valence electrons. The number of aryl methyl sites for hydroxylation is 1. The predicted octanol–water partition coefficient (Wildman–Crippen LogP) is 7.28. The maximum Gasteiger partial charge on any atom is 0.277 e. The zero-order valence-electron chi connectivity index (χ0n) is 29.7. The fraction of sp³-hybridized carbons (Fsp3) is 0.250. The van der Waals surface area contributed by atoms with Gasteiger partial charge in [-0.25, -0.2) is 9.97 Å². The number of fused-ring (bicyclic) bond motifs is 1. The van der Waals surface area contributed by atoms with Gasteiger partial charge in [0.15, 0.2) is 0 Å². The summed E-state index contributed by atoms with van der Waals surface area (Å²) in [4.78, 5) is 56.9. The fourth-order valence-electron chi connectivity index (χ4n) is 6.07. The van der Waals surface area contributed by atoms with Crippen LogP contribution >= 0.6 is 23.2 Å². The van der Waals surface area contributed by atoms with Crippen molar-refractivity contribution in [3.05, 3.63) is 118 Å². The van der Waals surface area contributed by atoms with Crippen LogP contribution in [0.25, 0.3) is 17.0 Å². The summed E-state index contributed by atoms with van der Waals surface area (Å²) in [6, 6.07) is 19.9. The van der Waals surface area contributed by atoms with Crippen LogP contribution in [0.2, 0.25) is 10.0 Å². The summed E-state index contributed by atoms with van der Waals surface area (Å²) in [6.07, 6.45) is 9.49. The number of hydrogen-bond donors (Lipinski definition) is 1. The number of benzene rings is 2. The number of carbonyl (C=O) groups excluding carboxylic acids is 3. The molecule has 13 heteroatoms. The lowest BCUT2D eigenvalue weighted by atomic mass is 10.1. The largest absolute Gasteiger partial charge is 0.487 e. The second-order valence-electron chi connectivity index (χ2n) is 12.7. The van der Waals surface area contributed by atoms with Gasteiger partial charge in [-0.1, -0.05) is 47.5 Å². The highest BCUT2D eigenvalue weighted by atomic mass is 35.5. The molecular weight excluding hydrogens is 713 g/mol. The average Bonchev–Trinajstić information content (AvgIpc) is 3.19. The molecule has 0 atom stereocenters. The van der Waals surface area contributed by atoms with E-state index in [1.165, 1.54) is 34.6 Å². The Kier molecular flexibility index (Phi) is 11.9. The average molecular weight is 753 g/mol. The number of ether oxygens (including phenoxy) is 1. The Morgan fingerprint density at radius 3 is 2.49 bits per heavy atom. The van der Waals surface area contributed by atoms with Crippen molar-refractivity contribution >= 4 is 75.1 Å². The second-order valence-corrected chi connectivity index (χ2v) is 13.4. The molecule has 4 heterocycles. The van der Waals surface area contributed by atoms with E-state index >= 15 is 0 Å². The Balaban J connectivity index is 1.06. The van der Waals surface area contributed by atoms with Gasteiger partial charge in [0.1, 0.15) is 29.4 Å². The molecule has 0 saturated carbocycles. The van der Waals surface area contributed by atoms with Gasteiger partial charge in [0, 0.05) is 73.0 Å². The second kappa shape index (κ2) is 16.9. The lowest BCUT2D eigenvalue weighted by Gasteiger charge is -2.30. The van der Waals surface area contributed by atoms with Crippen molar-refractivity contribution in [3.63, 3.8) is 0 Å². The zero-order chi connectivity index (χ0) is 37.5. The Hall–Kier alpha value is -5.52. The maximum absolute atomic E-state index is 13.2. The van der Waals surface area contributed by atoms with Crippen molar-refractivity contribution in [2.24, 2.45) is 0 Å². The van der Waals surface area contributed by atoms with Gasteiger partial charge in [0.25, 0.3) is 5.91 Å². The lowest BCUT2D eigenvalue weighted by Crippen LogP contribution is -2.37. The maximum atomic E-state index is 13.2. The smallest absolute Gasteiger partial charge is 0.277 e. The van der Waals surface area contributed by atoms with Gasteiger partial charge >= 0.3 is 0 Å². The van der Waals surface area contributed by atoms with E-state index in [2.05, 4.69) is 32.3 Å². The minimum Gasteiger partial charge on any atom is -0.487 e. The van der Waals surface area contributed by atoms with E-state index in [1.807, 2.05) is 19.1 Å². The van der Waals surface area contributed by atoms with Gasteiger partial charge in [0.05, 0.1) is 17.3 Å². The molecule has 2 aromatic carbocycles. The molecule has 11 nitrogen and oxygen atoms in total. The summed E-state index contributed by atoms with van der Waals surface area (Å²) in [7, 11) is 3.19. The van der Waals surface area contributed by atoms with E-state index in [0.717, 1.165) is 48.2 Å². The number of likely N-dealkylation sites (N-methyl/N-ethyl adjacent to an activating group) is 1. The molecule has 0 radical (unpaired) electrons. The quantitative estimate of drug-likeness (QED) is 0.140. The van der Waals surface area contributed by atoms with Gasteiger partial charge < -0.3 is 19.9 Å². The minimum atomic E-state index is -0.486. The van der Waals surface area contributed by atoms with Crippen LogP contribution in [0.5, 0.6) is 5.75 Å². The third-order valence-electron chi connectivity index (χ3n) is 9.02. The number of anilines is 3. The van der Waals surface area contributed by atoms with Gasteiger partial charge in [-0.15, -0.1) is 0 Å². The number of piperidine rings is 1. The van der Waals surface area contributed by atoms with Crippen molar-refractivity contribution in [2.45, 2.75) is 32.8 Å². The van der Waals surface area contributed by atoms with E-state index in [1.54, 1.807) is 62.8 Å². The third kappa shape index (κ3) is 8.76. The highest BCUT2D eigenvalue weighted by Crippen LogP contribution is 2.37. The first kappa shape index (κ1) is 37.2. The molecule has 3 aromatic heterocycles. The Morgan fingerprint density at radius 2 is 1.75 bits per heavy atom. The molecule has 1 aliphatic rings. The first-order valence-electron chi connectivity index (χ1n) is 17.2. The molecule has 0 bridgehead atoms. The van der Waals surface area contributed by atoms with E-state index in [-0.39, 0.29) is 29.8 Å². The summed E-state index contributed by atoms with van der Waals surface area (Å²) in [6.45, 7) is 3.77. The van der Waals surface area contributed by atoms with E-state index in [0.29, 0.717) is 33.4 Å². The molecule has 0 unspecified atom stereocenters. The molecule has 1 fully saturated rings. The first-order valence-corrected chi connectivity index (χ1v) is 18.0. The number of para-hydroxylation sites is 1. The number of carbonyl (C=O) groups is 3. The van der Waals surface area contributed by atoms with E-state index in [4.69, 9.17) is 32.9 Å². The molecule has 1 N–H and O–H groups in total. The van der Waals surface area contributed by atoms with Crippen molar-refractivity contribution < 1.29 is 19.1 Å². The molecule has 1 saturated heterocycles. The van der Waals surface area contributed by atoms with Crippen molar-refractivity contribution in [1.82, 2.24) is 20.3 Å². The third-order valence-corrected chi connectivity index (χ3v) is 9.80. The van der Waals surface area contributed by atoms with E-state index in [9.17, 15) is 14.4 Å². The normalized spacial score (nSPS) is 12.9. The zero-order valence-corrected chi connectivity index (χ0v) is 31.2. The number of aromatic nitrogens is 3. The summed E-state index contributed by atoms with van der Waals surface area (Å²) in [5, 5.41) is 4.28. The van der Waals surface area contributed by atoms with Crippen LogP contribution in [0.15, 0.2) is 85.2 Å². The standard InChI is InChI=1S/C40H39Cl2N7O4/c1-26-22-33(49-20-7-4-8-21-49)28-10-9-11-34(39(28)46-26)53-25-29-30(41)15-17-32(38(29)42)47(2)37(51)24-45-36(50)18-14-27-13-16-31(44-23-27)40(52)48(3)35-12-5-6-19-43-35/h5-6,9-19,22-23H,4,7-8,20-21,24-25H2,1-3H3,(H,45,50)/b18-14+. The minimum absolute atomic E-state index is 0.0494. The highest BCUT2D eigenvalue weighted by Gasteiger charge is 2.21. The topological polar surface area (TPSA) is 121 Å². The molecular formula is C40H39Cl2N7O4. The predicted molar refractivity (Wildman–Crippen MR) is 210 cm³/mol. The number of amides is 3. The number of pyridine rings is 3. The summed E-state index contributed by atoms with van der Waals surface area (Å²) in [5.74, 6) is -0.0996. The van der Waals surface area contributed by atoms with Crippen LogP contribution in [0.3, 0.4) is 0 Å². The van der Waals surface area contributed by atoms with Crippen LogP contribution in [-0.2, 0) is 16.2 Å². The molecule has 5 aromatic rings. The molecule has 0 spiro atoms. The molecule has 6 rings (SSSR count). The van der Waals surface area contributed by atoms with Crippen LogP contribution in [0.4, 0.5) is 17.2 Å². The molecule has 3 amide bonds. The molecule has 1 aliphatic heterocycles. The lowest BCUT2D eigenvalue weighted by molar-refractivity contribution is -0.122.